The van der Waals surface area contributed by atoms with Crippen molar-refractivity contribution in [3.8, 4) is 0 Å². The molecule has 1 aliphatic carbocycles. The minimum atomic E-state index is -0.798. The Morgan fingerprint density at radius 3 is 2.75 bits per heavy atom. The van der Waals surface area contributed by atoms with E-state index in [2.05, 4.69) is 0 Å². The molecule has 1 aliphatic heterocycles. The number of amides is 1. The predicted molar refractivity (Wildman–Crippen MR) is 74.0 cm³/mol. The molecule has 1 aromatic rings. The van der Waals surface area contributed by atoms with E-state index in [-0.39, 0.29) is 18.2 Å². The van der Waals surface area contributed by atoms with Crippen molar-refractivity contribution in [2.75, 3.05) is 13.1 Å². The zero-order valence-corrected chi connectivity index (χ0v) is 11.8. The molecule has 1 saturated carbocycles. The van der Waals surface area contributed by atoms with E-state index >= 15 is 0 Å². The van der Waals surface area contributed by atoms with Crippen molar-refractivity contribution in [3.63, 3.8) is 0 Å². The highest BCUT2D eigenvalue weighted by Gasteiger charge is 2.33. The Balaban J connectivity index is 1.72. The van der Waals surface area contributed by atoms with Gasteiger partial charge in [-0.2, -0.15) is 0 Å². The van der Waals surface area contributed by atoms with Gasteiger partial charge in [-0.15, -0.1) is 0 Å². The average Bonchev–Trinajstić information content (AvgIpc) is 3.01. The monoisotopic (exact) mass is 296 g/mol. The number of carbonyl (C=O) groups is 2. The number of carbonyl (C=O) groups excluding carboxylic acids is 1. The summed E-state index contributed by atoms with van der Waals surface area (Å²) in [6.45, 7) is 1.16. The van der Waals surface area contributed by atoms with Gasteiger partial charge in [0.2, 0.25) is 0 Å². The quantitative estimate of drug-likeness (QED) is 0.928. The summed E-state index contributed by atoms with van der Waals surface area (Å²) in [6, 6.07) is 2.12. The van der Waals surface area contributed by atoms with Gasteiger partial charge < -0.3 is 14.6 Å². The highest BCUT2D eigenvalue weighted by molar-refractivity contribution is 6.31. The fourth-order valence-electron chi connectivity index (χ4n) is 2.86. The van der Waals surface area contributed by atoms with Gasteiger partial charge in [0.25, 0.3) is 5.91 Å². The van der Waals surface area contributed by atoms with E-state index in [0.717, 1.165) is 19.3 Å². The first-order valence-electron chi connectivity index (χ1n) is 6.93. The molecule has 1 amide bonds. The SMILES string of the molecule is O=C(O)CC1CCN(C(=O)c2cc(Cl)cn2C2CC2)C1. The van der Waals surface area contributed by atoms with Gasteiger partial charge in [-0.05, 0) is 31.2 Å². The van der Waals surface area contributed by atoms with E-state index in [9.17, 15) is 9.59 Å². The molecule has 5 nitrogen and oxygen atoms in total. The molecule has 1 unspecified atom stereocenters. The molecule has 0 bridgehead atoms. The fourth-order valence-corrected chi connectivity index (χ4v) is 3.07. The van der Waals surface area contributed by atoms with Crippen LogP contribution in [0.5, 0.6) is 0 Å². The van der Waals surface area contributed by atoms with Gasteiger partial charge in [0, 0.05) is 31.7 Å². The standard InChI is InChI=1S/C14H17ClN2O3/c15-10-6-12(17(8-10)11-1-2-11)14(20)16-4-3-9(7-16)5-13(18)19/h6,8-9,11H,1-5,7H2,(H,18,19). The number of aromatic nitrogens is 1. The van der Waals surface area contributed by atoms with E-state index in [1.54, 1.807) is 11.0 Å². The summed E-state index contributed by atoms with van der Waals surface area (Å²) in [7, 11) is 0. The van der Waals surface area contributed by atoms with Crippen molar-refractivity contribution in [1.29, 1.82) is 0 Å². The number of halogens is 1. The van der Waals surface area contributed by atoms with Gasteiger partial charge in [-0.25, -0.2) is 0 Å². The second-order valence-electron chi connectivity index (χ2n) is 5.69. The van der Waals surface area contributed by atoms with Crippen molar-refractivity contribution in [2.45, 2.75) is 31.7 Å². The second-order valence-corrected chi connectivity index (χ2v) is 6.12. The summed E-state index contributed by atoms with van der Waals surface area (Å²) in [5.74, 6) is -0.762. The highest BCUT2D eigenvalue weighted by atomic mass is 35.5. The van der Waals surface area contributed by atoms with Gasteiger partial charge >= 0.3 is 5.97 Å². The molecule has 6 heteroatoms. The maximum atomic E-state index is 12.5. The van der Waals surface area contributed by atoms with Gasteiger partial charge in [0.15, 0.2) is 0 Å². The summed E-state index contributed by atoms with van der Waals surface area (Å²) in [5.41, 5.74) is 0.633. The Hall–Kier alpha value is -1.49. The van der Waals surface area contributed by atoms with Crippen LogP contribution in [-0.2, 0) is 4.79 Å². The molecular weight excluding hydrogens is 280 g/mol. The Labute approximate surface area is 122 Å². The van der Waals surface area contributed by atoms with E-state index < -0.39 is 5.97 Å². The Bertz CT molecular complexity index is 551. The smallest absolute Gasteiger partial charge is 0.303 e. The van der Waals surface area contributed by atoms with Crippen LogP contribution in [0.25, 0.3) is 0 Å². The lowest BCUT2D eigenvalue weighted by Gasteiger charge is -2.17. The maximum Gasteiger partial charge on any atom is 0.303 e. The molecule has 1 atom stereocenters. The van der Waals surface area contributed by atoms with Crippen LogP contribution in [0, 0.1) is 5.92 Å². The van der Waals surface area contributed by atoms with Crippen molar-refractivity contribution in [3.05, 3.63) is 23.0 Å². The van der Waals surface area contributed by atoms with Crippen molar-refractivity contribution < 1.29 is 14.7 Å². The minimum absolute atomic E-state index is 0.0308. The number of carboxylic acid groups (broad SMARTS) is 1. The fraction of sp³-hybridized carbons (Fsp3) is 0.571. The molecule has 0 aromatic carbocycles. The van der Waals surface area contributed by atoms with E-state index in [0.29, 0.717) is 29.8 Å². The van der Waals surface area contributed by atoms with Crippen LogP contribution >= 0.6 is 11.6 Å². The third kappa shape index (κ3) is 2.68. The third-order valence-electron chi connectivity index (χ3n) is 4.01. The Kier molecular flexibility index (Phi) is 3.46. The lowest BCUT2D eigenvalue weighted by atomic mass is 10.1. The number of hydrogen-bond donors (Lipinski definition) is 1. The number of nitrogens with zero attached hydrogens (tertiary/aromatic N) is 2. The predicted octanol–water partition coefficient (Wildman–Crippen LogP) is 2.41. The van der Waals surface area contributed by atoms with Crippen LogP contribution in [0.15, 0.2) is 12.3 Å². The molecule has 1 saturated heterocycles. The zero-order chi connectivity index (χ0) is 14.3. The zero-order valence-electron chi connectivity index (χ0n) is 11.1. The molecule has 0 radical (unpaired) electrons. The van der Waals surface area contributed by atoms with Crippen LogP contribution in [0.2, 0.25) is 5.02 Å². The molecule has 1 N–H and O–H groups in total. The number of likely N-dealkylation sites (tertiary alicyclic amines) is 1. The molecule has 108 valence electrons. The minimum Gasteiger partial charge on any atom is -0.481 e. The molecule has 20 heavy (non-hydrogen) atoms. The van der Waals surface area contributed by atoms with Crippen LogP contribution in [0.4, 0.5) is 0 Å². The largest absolute Gasteiger partial charge is 0.481 e. The average molecular weight is 297 g/mol. The molecular formula is C14H17ClN2O3. The molecule has 2 aliphatic rings. The van der Waals surface area contributed by atoms with Gasteiger partial charge in [-0.3, -0.25) is 9.59 Å². The molecule has 2 fully saturated rings. The van der Waals surface area contributed by atoms with E-state index in [1.165, 1.54) is 0 Å². The summed E-state index contributed by atoms with van der Waals surface area (Å²) in [6.07, 6.45) is 4.89. The van der Waals surface area contributed by atoms with Gasteiger partial charge in [0.1, 0.15) is 5.69 Å². The molecule has 3 rings (SSSR count). The first-order chi connectivity index (χ1) is 9.54. The number of carboxylic acids is 1. The molecule has 0 spiro atoms. The van der Waals surface area contributed by atoms with Crippen LogP contribution in [-0.4, -0.2) is 39.5 Å². The number of aliphatic carboxylic acids is 1. The summed E-state index contributed by atoms with van der Waals surface area (Å²) < 4.78 is 1.97. The van der Waals surface area contributed by atoms with Crippen LogP contribution < -0.4 is 0 Å². The summed E-state index contributed by atoms with van der Waals surface area (Å²) in [5, 5.41) is 9.40. The number of hydrogen-bond acceptors (Lipinski definition) is 2. The van der Waals surface area contributed by atoms with Crippen molar-refractivity contribution >= 4 is 23.5 Å². The van der Waals surface area contributed by atoms with Crippen molar-refractivity contribution in [1.82, 2.24) is 9.47 Å². The topological polar surface area (TPSA) is 62.5 Å². The maximum absolute atomic E-state index is 12.5. The third-order valence-corrected chi connectivity index (χ3v) is 4.22. The van der Waals surface area contributed by atoms with E-state index in [4.69, 9.17) is 16.7 Å². The van der Waals surface area contributed by atoms with Crippen LogP contribution in [0.1, 0.15) is 42.2 Å². The Morgan fingerprint density at radius 2 is 2.10 bits per heavy atom. The van der Waals surface area contributed by atoms with Crippen LogP contribution in [0.3, 0.4) is 0 Å². The normalized spacial score (nSPS) is 22.2. The lowest BCUT2D eigenvalue weighted by molar-refractivity contribution is -0.138. The first kappa shape index (κ1) is 13.5. The summed E-state index contributed by atoms with van der Waals surface area (Å²) in [4.78, 5) is 25.0. The highest BCUT2D eigenvalue weighted by Crippen LogP contribution is 2.38. The molecule has 1 aromatic heterocycles. The first-order valence-corrected chi connectivity index (χ1v) is 7.31. The Morgan fingerprint density at radius 1 is 1.35 bits per heavy atom. The lowest BCUT2D eigenvalue weighted by Crippen LogP contribution is -2.30. The molecule has 2 heterocycles. The number of rotatable bonds is 4. The second kappa shape index (κ2) is 5.13. The van der Waals surface area contributed by atoms with Crippen molar-refractivity contribution in [2.24, 2.45) is 5.92 Å². The van der Waals surface area contributed by atoms with Gasteiger partial charge in [-0.1, -0.05) is 11.6 Å². The summed E-state index contributed by atoms with van der Waals surface area (Å²) >= 11 is 6.02. The van der Waals surface area contributed by atoms with Gasteiger partial charge in [0.05, 0.1) is 5.02 Å². The van der Waals surface area contributed by atoms with E-state index in [1.807, 2.05) is 10.8 Å².